The molecule has 120 valence electrons. The Morgan fingerprint density at radius 1 is 1.17 bits per heavy atom. The lowest BCUT2D eigenvalue weighted by Gasteiger charge is -2.12. The summed E-state index contributed by atoms with van der Waals surface area (Å²) >= 11 is 0. The van der Waals surface area contributed by atoms with E-state index in [9.17, 15) is 14.7 Å². The van der Waals surface area contributed by atoms with E-state index in [1.54, 1.807) is 43.3 Å². The van der Waals surface area contributed by atoms with Gasteiger partial charge < -0.3 is 10.2 Å². The number of phenolic OH excluding ortho intramolecular Hbond substituents is 1. The SMILES string of the molecule is CC1=NN(c2cccc(C(=O)O)c2)C(=O)/C1=C/c1ccccc1O. The van der Waals surface area contributed by atoms with Gasteiger partial charge in [0.15, 0.2) is 0 Å². The number of aromatic hydroxyl groups is 1. The summed E-state index contributed by atoms with van der Waals surface area (Å²) in [5.74, 6) is -1.38. The number of carbonyl (C=O) groups excluding carboxylic acids is 1. The number of hydrogen-bond acceptors (Lipinski definition) is 4. The minimum atomic E-state index is -1.07. The lowest BCUT2D eigenvalue weighted by molar-refractivity contribution is -0.114. The summed E-state index contributed by atoms with van der Waals surface area (Å²) in [6.45, 7) is 1.69. The van der Waals surface area contributed by atoms with Crippen LogP contribution in [0.15, 0.2) is 59.2 Å². The molecule has 3 rings (SSSR count). The monoisotopic (exact) mass is 322 g/mol. The third-order valence-corrected chi connectivity index (χ3v) is 3.64. The highest BCUT2D eigenvalue weighted by Gasteiger charge is 2.29. The van der Waals surface area contributed by atoms with Crippen molar-refractivity contribution in [3.05, 3.63) is 65.2 Å². The zero-order valence-corrected chi connectivity index (χ0v) is 12.8. The molecule has 0 saturated carbocycles. The molecular weight excluding hydrogens is 308 g/mol. The highest BCUT2D eigenvalue weighted by Crippen LogP contribution is 2.27. The van der Waals surface area contributed by atoms with Gasteiger partial charge in [-0.25, -0.2) is 4.79 Å². The number of carboxylic acids is 1. The van der Waals surface area contributed by atoms with Crippen molar-refractivity contribution in [1.82, 2.24) is 0 Å². The maximum atomic E-state index is 12.6. The van der Waals surface area contributed by atoms with Crippen LogP contribution in [0.1, 0.15) is 22.8 Å². The molecule has 1 aliphatic heterocycles. The van der Waals surface area contributed by atoms with Crippen molar-refractivity contribution in [3.8, 4) is 5.75 Å². The first-order chi connectivity index (χ1) is 11.5. The third-order valence-electron chi connectivity index (χ3n) is 3.64. The van der Waals surface area contributed by atoms with E-state index < -0.39 is 5.97 Å². The summed E-state index contributed by atoms with van der Waals surface area (Å²) in [6.07, 6.45) is 1.57. The van der Waals surface area contributed by atoms with Crippen molar-refractivity contribution in [2.45, 2.75) is 6.92 Å². The number of hydrazone groups is 1. The van der Waals surface area contributed by atoms with Gasteiger partial charge in [-0.3, -0.25) is 4.79 Å². The van der Waals surface area contributed by atoms with Crippen LogP contribution in [0, 0.1) is 0 Å². The Labute approximate surface area is 138 Å². The molecule has 1 amide bonds. The molecule has 6 nitrogen and oxygen atoms in total. The van der Waals surface area contributed by atoms with E-state index >= 15 is 0 Å². The van der Waals surface area contributed by atoms with Crippen molar-refractivity contribution < 1.29 is 19.8 Å². The Bertz CT molecular complexity index is 899. The molecular formula is C18H14N2O4. The Morgan fingerprint density at radius 3 is 2.62 bits per heavy atom. The number of anilines is 1. The second kappa shape index (κ2) is 6.00. The predicted octanol–water partition coefficient (Wildman–Crippen LogP) is 2.90. The standard InChI is InChI=1S/C18H14N2O4/c1-11-15(10-12-5-2-3-8-16(12)21)17(22)20(19-11)14-7-4-6-13(9-14)18(23)24/h2-10,21H,1H3,(H,23,24)/b15-10+. The van der Waals surface area contributed by atoms with E-state index in [1.165, 1.54) is 18.2 Å². The minimum absolute atomic E-state index is 0.0666. The summed E-state index contributed by atoms with van der Waals surface area (Å²) in [4.78, 5) is 23.7. The first-order valence-corrected chi connectivity index (χ1v) is 7.20. The fourth-order valence-electron chi connectivity index (χ4n) is 2.40. The Morgan fingerprint density at radius 2 is 1.92 bits per heavy atom. The van der Waals surface area contributed by atoms with E-state index in [4.69, 9.17) is 5.11 Å². The molecule has 0 saturated heterocycles. The molecule has 6 heteroatoms. The van der Waals surface area contributed by atoms with Crippen molar-refractivity contribution in [2.24, 2.45) is 5.10 Å². The van der Waals surface area contributed by atoms with E-state index in [0.29, 0.717) is 22.5 Å². The predicted molar refractivity (Wildman–Crippen MR) is 90.1 cm³/mol. The number of benzene rings is 2. The topological polar surface area (TPSA) is 90.2 Å². The molecule has 0 fully saturated rings. The normalized spacial score (nSPS) is 15.7. The maximum absolute atomic E-state index is 12.6. The van der Waals surface area contributed by atoms with Crippen LogP contribution in [0.5, 0.6) is 5.75 Å². The average Bonchev–Trinajstić information content (AvgIpc) is 2.85. The summed E-state index contributed by atoms with van der Waals surface area (Å²) in [5, 5.41) is 24.3. The van der Waals surface area contributed by atoms with Gasteiger partial charge in [-0.2, -0.15) is 10.1 Å². The van der Waals surface area contributed by atoms with Crippen molar-refractivity contribution in [3.63, 3.8) is 0 Å². The molecule has 2 aromatic rings. The average molecular weight is 322 g/mol. The summed E-state index contributed by atoms with van der Waals surface area (Å²) < 4.78 is 0. The molecule has 24 heavy (non-hydrogen) atoms. The maximum Gasteiger partial charge on any atom is 0.335 e. The molecule has 1 aliphatic rings. The van der Waals surface area contributed by atoms with Gasteiger partial charge in [-0.15, -0.1) is 0 Å². The summed E-state index contributed by atoms with van der Waals surface area (Å²) in [5.41, 5.74) is 1.80. The van der Waals surface area contributed by atoms with Crippen LogP contribution in [-0.2, 0) is 4.79 Å². The van der Waals surface area contributed by atoms with Crippen molar-refractivity contribution >= 4 is 29.4 Å². The number of nitrogens with zero attached hydrogens (tertiary/aromatic N) is 2. The zero-order chi connectivity index (χ0) is 17.3. The van der Waals surface area contributed by atoms with Gasteiger partial charge in [-0.05, 0) is 37.3 Å². The van der Waals surface area contributed by atoms with E-state index in [0.717, 1.165) is 5.01 Å². The number of amides is 1. The number of hydrogen-bond donors (Lipinski definition) is 2. The van der Waals surface area contributed by atoms with Gasteiger partial charge >= 0.3 is 5.97 Å². The number of phenols is 1. The molecule has 0 radical (unpaired) electrons. The fraction of sp³-hybridized carbons (Fsp3) is 0.0556. The molecule has 0 aliphatic carbocycles. The van der Waals surface area contributed by atoms with Gasteiger partial charge in [0.2, 0.25) is 0 Å². The number of aromatic carboxylic acids is 1. The number of rotatable bonds is 3. The largest absolute Gasteiger partial charge is 0.507 e. The number of carbonyl (C=O) groups is 2. The van der Waals surface area contributed by atoms with E-state index in [-0.39, 0.29) is 17.2 Å². The molecule has 0 atom stereocenters. The van der Waals surface area contributed by atoms with Gasteiger partial charge in [-0.1, -0.05) is 24.3 Å². The quantitative estimate of drug-likeness (QED) is 0.850. The number of para-hydroxylation sites is 1. The first-order valence-electron chi connectivity index (χ1n) is 7.20. The van der Waals surface area contributed by atoms with Crippen LogP contribution in [0.2, 0.25) is 0 Å². The Kier molecular flexibility index (Phi) is 3.87. The molecule has 0 aromatic heterocycles. The van der Waals surface area contributed by atoms with E-state index in [1.807, 2.05) is 0 Å². The lowest BCUT2D eigenvalue weighted by Crippen LogP contribution is -2.21. The minimum Gasteiger partial charge on any atom is -0.507 e. The smallest absolute Gasteiger partial charge is 0.335 e. The first kappa shape index (κ1) is 15.5. The van der Waals surface area contributed by atoms with Crippen molar-refractivity contribution in [2.75, 3.05) is 5.01 Å². The van der Waals surface area contributed by atoms with Gasteiger partial charge in [0.25, 0.3) is 5.91 Å². The third kappa shape index (κ3) is 2.77. The lowest BCUT2D eigenvalue weighted by atomic mass is 10.1. The van der Waals surface area contributed by atoms with Crippen LogP contribution in [-0.4, -0.2) is 27.8 Å². The van der Waals surface area contributed by atoms with Gasteiger partial charge in [0.1, 0.15) is 5.75 Å². The highest BCUT2D eigenvalue weighted by atomic mass is 16.4. The second-order valence-electron chi connectivity index (χ2n) is 5.27. The molecule has 0 spiro atoms. The van der Waals surface area contributed by atoms with E-state index in [2.05, 4.69) is 5.10 Å². The van der Waals surface area contributed by atoms with Crippen LogP contribution >= 0.6 is 0 Å². The number of carboxylic acid groups (broad SMARTS) is 1. The van der Waals surface area contributed by atoms with Gasteiger partial charge in [0.05, 0.1) is 22.5 Å². The highest BCUT2D eigenvalue weighted by molar-refractivity contribution is 6.32. The van der Waals surface area contributed by atoms with Crippen LogP contribution in [0.25, 0.3) is 6.08 Å². The van der Waals surface area contributed by atoms with Crippen LogP contribution in [0.3, 0.4) is 0 Å². The second-order valence-corrected chi connectivity index (χ2v) is 5.27. The summed E-state index contributed by atoms with van der Waals surface area (Å²) in [6, 6.07) is 12.7. The molecule has 1 heterocycles. The van der Waals surface area contributed by atoms with Gasteiger partial charge in [0, 0.05) is 5.56 Å². The van der Waals surface area contributed by atoms with Crippen molar-refractivity contribution in [1.29, 1.82) is 0 Å². The Balaban J connectivity index is 1.98. The molecule has 0 bridgehead atoms. The van der Waals surface area contributed by atoms with Crippen LogP contribution in [0.4, 0.5) is 5.69 Å². The zero-order valence-electron chi connectivity index (χ0n) is 12.8. The molecule has 2 N–H and O–H groups in total. The fourth-order valence-corrected chi connectivity index (χ4v) is 2.40. The van der Waals surface area contributed by atoms with Crippen LogP contribution < -0.4 is 5.01 Å². The molecule has 0 unspecified atom stereocenters. The molecule has 2 aromatic carbocycles. The Hall–Kier alpha value is -3.41. The summed E-state index contributed by atoms with van der Waals surface area (Å²) in [7, 11) is 0.